The van der Waals surface area contributed by atoms with Gasteiger partial charge in [0.25, 0.3) is 0 Å². The summed E-state index contributed by atoms with van der Waals surface area (Å²) in [4.78, 5) is 9.27. The molecule has 0 saturated carbocycles. The van der Waals surface area contributed by atoms with Crippen LogP contribution in [-0.4, -0.2) is 56.7 Å². The summed E-state index contributed by atoms with van der Waals surface area (Å²) in [5.41, 5.74) is 0.163. The van der Waals surface area contributed by atoms with E-state index >= 15 is 0 Å². The first-order chi connectivity index (χ1) is 11.5. The van der Waals surface area contributed by atoms with Gasteiger partial charge in [0.1, 0.15) is 5.82 Å². The highest BCUT2D eigenvalue weighted by Gasteiger charge is 2.31. The Morgan fingerprint density at radius 2 is 2.00 bits per heavy atom. The molecule has 5 heteroatoms. The van der Waals surface area contributed by atoms with Gasteiger partial charge in [0, 0.05) is 51.7 Å². The van der Waals surface area contributed by atoms with E-state index < -0.39 is 5.60 Å². The molecule has 2 atom stereocenters. The van der Waals surface area contributed by atoms with Crippen molar-refractivity contribution in [3.63, 3.8) is 0 Å². The van der Waals surface area contributed by atoms with Crippen molar-refractivity contribution in [2.45, 2.75) is 32.0 Å². The van der Waals surface area contributed by atoms with Gasteiger partial charge in [-0.15, -0.1) is 0 Å². The Kier molecular flexibility index (Phi) is 5.04. The zero-order valence-corrected chi connectivity index (χ0v) is 14.9. The summed E-state index contributed by atoms with van der Waals surface area (Å²) < 4.78 is 2.08. The molecule has 1 aromatic heterocycles. The van der Waals surface area contributed by atoms with Crippen molar-refractivity contribution in [1.29, 1.82) is 0 Å². The summed E-state index contributed by atoms with van der Waals surface area (Å²) in [5.74, 6) is 1.10. The van der Waals surface area contributed by atoms with Gasteiger partial charge < -0.3 is 9.67 Å². The molecule has 0 bridgehead atoms. The maximum absolute atomic E-state index is 10.9. The molecule has 5 nitrogen and oxygen atoms in total. The highest BCUT2D eigenvalue weighted by molar-refractivity contribution is 5.21. The van der Waals surface area contributed by atoms with E-state index in [0.29, 0.717) is 12.6 Å². The maximum atomic E-state index is 10.9. The van der Waals surface area contributed by atoms with Crippen molar-refractivity contribution < 1.29 is 5.11 Å². The lowest BCUT2D eigenvalue weighted by Gasteiger charge is -2.42. The van der Waals surface area contributed by atoms with Crippen molar-refractivity contribution >= 4 is 0 Å². The lowest BCUT2D eigenvalue weighted by Crippen LogP contribution is -2.54. The average Bonchev–Trinajstić information content (AvgIpc) is 2.96. The molecule has 2 aromatic rings. The standard InChI is InChI=1S/C19H28N4O/c1-16-13-22(15-19(2,24)17-7-5-4-6-8-17)11-12-23(16)14-18-20-9-10-21(18)3/h4-10,16,24H,11-15H2,1-3H3/t16-,19+/m1/s1. The van der Waals surface area contributed by atoms with E-state index in [2.05, 4.69) is 26.3 Å². The first kappa shape index (κ1) is 17.1. The van der Waals surface area contributed by atoms with Crippen LogP contribution >= 0.6 is 0 Å². The van der Waals surface area contributed by atoms with Crippen LogP contribution in [0.1, 0.15) is 25.2 Å². The van der Waals surface area contributed by atoms with Crippen LogP contribution in [0.4, 0.5) is 0 Å². The second-order valence-electron chi connectivity index (χ2n) is 7.15. The third-order valence-corrected chi connectivity index (χ3v) is 5.04. The molecule has 1 fully saturated rings. The largest absolute Gasteiger partial charge is 0.384 e. The Bertz CT molecular complexity index is 652. The summed E-state index contributed by atoms with van der Waals surface area (Å²) in [6, 6.07) is 10.4. The Morgan fingerprint density at radius 1 is 1.25 bits per heavy atom. The van der Waals surface area contributed by atoms with Crippen molar-refractivity contribution in [3.05, 3.63) is 54.1 Å². The molecule has 24 heavy (non-hydrogen) atoms. The molecule has 0 radical (unpaired) electrons. The number of hydrogen-bond donors (Lipinski definition) is 1. The molecule has 1 saturated heterocycles. The molecule has 0 spiro atoms. The SMILES string of the molecule is C[C@@H]1CN(C[C@](C)(O)c2ccccc2)CCN1Cc1nccn1C. The zero-order chi connectivity index (χ0) is 17.2. The van der Waals surface area contributed by atoms with Crippen LogP contribution in [0.5, 0.6) is 0 Å². The number of benzene rings is 1. The van der Waals surface area contributed by atoms with Gasteiger partial charge in [0.05, 0.1) is 12.1 Å². The smallest absolute Gasteiger partial charge is 0.122 e. The summed E-state index contributed by atoms with van der Waals surface area (Å²) in [6.07, 6.45) is 3.85. The number of piperazine rings is 1. The van der Waals surface area contributed by atoms with Crippen LogP contribution in [0, 0.1) is 0 Å². The number of β-amino-alcohol motifs (C(OH)–C–C–N with tert-alkyl or cyclic N) is 1. The van der Waals surface area contributed by atoms with E-state index in [4.69, 9.17) is 0 Å². The predicted molar refractivity (Wildman–Crippen MR) is 95.5 cm³/mol. The van der Waals surface area contributed by atoms with Crippen LogP contribution in [-0.2, 0) is 19.2 Å². The van der Waals surface area contributed by atoms with Gasteiger partial charge in [0.15, 0.2) is 0 Å². The van der Waals surface area contributed by atoms with Gasteiger partial charge in [-0.05, 0) is 19.4 Å². The van der Waals surface area contributed by atoms with E-state index in [0.717, 1.165) is 37.6 Å². The van der Waals surface area contributed by atoms with Crippen molar-refractivity contribution in [2.24, 2.45) is 7.05 Å². The fourth-order valence-corrected chi connectivity index (χ4v) is 3.50. The number of aryl methyl sites for hydroxylation is 1. The number of aromatic nitrogens is 2. The van der Waals surface area contributed by atoms with E-state index in [1.807, 2.05) is 56.7 Å². The van der Waals surface area contributed by atoms with E-state index in [1.54, 1.807) is 0 Å². The second kappa shape index (κ2) is 7.05. The molecular weight excluding hydrogens is 300 g/mol. The van der Waals surface area contributed by atoms with Gasteiger partial charge in [-0.1, -0.05) is 30.3 Å². The number of hydrogen-bond acceptors (Lipinski definition) is 4. The van der Waals surface area contributed by atoms with Crippen LogP contribution in [0.3, 0.4) is 0 Å². The van der Waals surface area contributed by atoms with Gasteiger partial charge in [-0.3, -0.25) is 9.80 Å². The Morgan fingerprint density at radius 3 is 2.62 bits per heavy atom. The monoisotopic (exact) mass is 328 g/mol. The lowest BCUT2D eigenvalue weighted by atomic mass is 9.95. The normalized spacial score (nSPS) is 22.4. The average molecular weight is 328 g/mol. The summed E-state index contributed by atoms with van der Waals surface area (Å²) in [7, 11) is 2.04. The van der Waals surface area contributed by atoms with Crippen LogP contribution < -0.4 is 0 Å². The molecule has 1 aliphatic heterocycles. The predicted octanol–water partition coefficient (Wildman–Crippen LogP) is 1.83. The maximum Gasteiger partial charge on any atom is 0.122 e. The minimum atomic E-state index is -0.817. The highest BCUT2D eigenvalue weighted by Crippen LogP contribution is 2.23. The molecule has 1 aromatic carbocycles. The van der Waals surface area contributed by atoms with Crippen molar-refractivity contribution in [2.75, 3.05) is 26.2 Å². The highest BCUT2D eigenvalue weighted by atomic mass is 16.3. The number of rotatable bonds is 5. The Labute approximate surface area is 144 Å². The molecule has 0 unspecified atom stereocenters. The van der Waals surface area contributed by atoms with Gasteiger partial charge in [-0.25, -0.2) is 4.98 Å². The first-order valence-corrected chi connectivity index (χ1v) is 8.66. The van der Waals surface area contributed by atoms with Crippen LogP contribution in [0.2, 0.25) is 0 Å². The van der Waals surface area contributed by atoms with Gasteiger partial charge >= 0.3 is 0 Å². The Balaban J connectivity index is 1.58. The molecule has 3 rings (SSSR count). The number of aliphatic hydroxyl groups is 1. The van der Waals surface area contributed by atoms with Gasteiger partial charge in [0.2, 0.25) is 0 Å². The Hall–Kier alpha value is -1.69. The molecule has 0 amide bonds. The quantitative estimate of drug-likeness (QED) is 0.909. The summed E-state index contributed by atoms with van der Waals surface area (Å²) in [5, 5.41) is 10.9. The fraction of sp³-hybridized carbons (Fsp3) is 0.526. The molecule has 130 valence electrons. The first-order valence-electron chi connectivity index (χ1n) is 8.66. The number of nitrogens with zero attached hydrogens (tertiary/aromatic N) is 4. The third kappa shape index (κ3) is 3.86. The second-order valence-corrected chi connectivity index (χ2v) is 7.15. The van der Waals surface area contributed by atoms with E-state index in [-0.39, 0.29) is 0 Å². The molecule has 0 aliphatic carbocycles. The minimum Gasteiger partial charge on any atom is -0.384 e. The number of imidazole rings is 1. The van der Waals surface area contributed by atoms with Crippen molar-refractivity contribution in [3.8, 4) is 0 Å². The minimum absolute atomic E-state index is 0.446. The topological polar surface area (TPSA) is 44.5 Å². The van der Waals surface area contributed by atoms with E-state index in [9.17, 15) is 5.11 Å². The van der Waals surface area contributed by atoms with Crippen molar-refractivity contribution in [1.82, 2.24) is 19.4 Å². The fourth-order valence-electron chi connectivity index (χ4n) is 3.50. The lowest BCUT2D eigenvalue weighted by molar-refractivity contribution is -0.0130. The van der Waals surface area contributed by atoms with E-state index in [1.165, 1.54) is 0 Å². The van der Waals surface area contributed by atoms with Crippen LogP contribution in [0.25, 0.3) is 0 Å². The van der Waals surface area contributed by atoms with Crippen LogP contribution in [0.15, 0.2) is 42.7 Å². The molecule has 1 N–H and O–H groups in total. The zero-order valence-electron chi connectivity index (χ0n) is 14.9. The summed E-state index contributed by atoms with van der Waals surface area (Å²) >= 11 is 0. The molecular formula is C19H28N4O. The molecule has 1 aliphatic rings. The van der Waals surface area contributed by atoms with Gasteiger partial charge in [-0.2, -0.15) is 0 Å². The molecule has 2 heterocycles. The summed E-state index contributed by atoms with van der Waals surface area (Å²) in [6.45, 7) is 8.65. The third-order valence-electron chi connectivity index (χ3n) is 5.04.